The molecule has 3 aromatic rings. The second-order valence-corrected chi connectivity index (χ2v) is 8.86. The summed E-state index contributed by atoms with van der Waals surface area (Å²) < 4.78 is 73.2. The number of halogens is 3. The van der Waals surface area contributed by atoms with E-state index in [-0.39, 0.29) is 17.9 Å². The second-order valence-electron chi connectivity index (χ2n) is 7.18. The first kappa shape index (κ1) is 25.0. The number of ether oxygens (including phenoxy) is 2. The lowest BCUT2D eigenvalue weighted by molar-refractivity contribution is -0.274. The molecule has 0 spiro atoms. The lowest BCUT2D eigenvalue weighted by Crippen LogP contribution is -2.40. The third kappa shape index (κ3) is 6.47. The molecule has 0 aliphatic heterocycles. The third-order valence-electron chi connectivity index (χ3n) is 4.75. The molecule has 3 rings (SSSR count). The fourth-order valence-corrected chi connectivity index (χ4v) is 4.24. The molecule has 0 saturated carbocycles. The second kappa shape index (κ2) is 10.1. The van der Waals surface area contributed by atoms with Gasteiger partial charge in [-0.3, -0.25) is 9.59 Å². The summed E-state index contributed by atoms with van der Waals surface area (Å²) in [4.78, 5) is 25.0. The fourth-order valence-electron chi connectivity index (χ4n) is 3.19. The van der Waals surface area contributed by atoms with Crippen LogP contribution < -0.4 is 9.46 Å². The summed E-state index contributed by atoms with van der Waals surface area (Å²) in [5.41, 5.74) is 0.297. The van der Waals surface area contributed by atoms with Gasteiger partial charge in [-0.2, -0.15) is 0 Å². The fraction of sp³-hybridized carbons (Fsp3) is 0.217. The van der Waals surface area contributed by atoms with Gasteiger partial charge < -0.3 is 9.47 Å². The highest BCUT2D eigenvalue weighted by Crippen LogP contribution is 2.24. The molecule has 1 unspecified atom stereocenters. The Hall–Kier alpha value is -3.60. The van der Waals surface area contributed by atoms with Crippen LogP contribution in [0.3, 0.4) is 0 Å². The predicted molar refractivity (Wildman–Crippen MR) is 116 cm³/mol. The molecular formula is C23H20F3NO6S. The number of benzene rings is 3. The van der Waals surface area contributed by atoms with E-state index in [4.69, 9.17) is 4.74 Å². The number of hydrogen-bond donors (Lipinski definition) is 1. The van der Waals surface area contributed by atoms with Crippen LogP contribution in [0.1, 0.15) is 12.5 Å². The van der Waals surface area contributed by atoms with Crippen LogP contribution in [0.5, 0.6) is 5.75 Å². The van der Waals surface area contributed by atoms with Gasteiger partial charge in [-0.25, -0.2) is 13.1 Å². The van der Waals surface area contributed by atoms with Crippen molar-refractivity contribution in [1.82, 2.24) is 4.72 Å². The quantitative estimate of drug-likeness (QED) is 0.375. The van der Waals surface area contributed by atoms with Gasteiger partial charge in [0.1, 0.15) is 11.7 Å². The van der Waals surface area contributed by atoms with Crippen LogP contribution in [0.15, 0.2) is 71.6 Å². The molecular weight excluding hydrogens is 475 g/mol. The summed E-state index contributed by atoms with van der Waals surface area (Å²) in [7, 11) is -4.32. The molecule has 1 amide bonds. The van der Waals surface area contributed by atoms with E-state index in [0.717, 1.165) is 17.5 Å². The van der Waals surface area contributed by atoms with E-state index in [1.54, 1.807) is 30.3 Å². The van der Waals surface area contributed by atoms with Gasteiger partial charge >= 0.3 is 12.3 Å². The average molecular weight is 495 g/mol. The number of sulfonamides is 1. The van der Waals surface area contributed by atoms with Crippen LogP contribution in [0.2, 0.25) is 0 Å². The molecule has 3 aromatic carbocycles. The summed E-state index contributed by atoms with van der Waals surface area (Å²) in [6.45, 7) is 1.46. The molecule has 1 atom stereocenters. The molecule has 0 aliphatic rings. The normalized spacial score (nSPS) is 12.7. The Morgan fingerprint density at radius 3 is 2.24 bits per heavy atom. The first-order valence-electron chi connectivity index (χ1n) is 10.1. The van der Waals surface area contributed by atoms with Crippen LogP contribution in [-0.2, 0) is 30.8 Å². The number of carbonyl (C=O) groups excluding carboxylic acids is 2. The van der Waals surface area contributed by atoms with E-state index in [1.807, 2.05) is 4.72 Å². The largest absolute Gasteiger partial charge is 0.573 e. The van der Waals surface area contributed by atoms with Gasteiger partial charge in [0.25, 0.3) is 10.0 Å². The molecule has 0 aromatic heterocycles. The Morgan fingerprint density at radius 1 is 0.971 bits per heavy atom. The summed E-state index contributed by atoms with van der Waals surface area (Å²) in [5.74, 6) is -4.12. The minimum Gasteiger partial charge on any atom is -0.465 e. The van der Waals surface area contributed by atoms with E-state index in [1.165, 1.54) is 31.2 Å². The van der Waals surface area contributed by atoms with Gasteiger partial charge in [-0.1, -0.05) is 42.5 Å². The molecule has 0 fully saturated rings. The van der Waals surface area contributed by atoms with Crippen LogP contribution in [0.25, 0.3) is 10.8 Å². The highest BCUT2D eigenvalue weighted by atomic mass is 32.2. The lowest BCUT2D eigenvalue weighted by Gasteiger charge is -2.16. The van der Waals surface area contributed by atoms with Gasteiger partial charge in [0.2, 0.25) is 5.91 Å². The maximum atomic E-state index is 12.8. The van der Waals surface area contributed by atoms with Crippen molar-refractivity contribution in [3.63, 3.8) is 0 Å². The van der Waals surface area contributed by atoms with Crippen molar-refractivity contribution in [1.29, 1.82) is 0 Å². The van der Waals surface area contributed by atoms with Crippen molar-refractivity contribution in [2.75, 3.05) is 6.61 Å². The summed E-state index contributed by atoms with van der Waals surface area (Å²) >= 11 is 0. The third-order valence-corrected chi connectivity index (χ3v) is 6.09. The number of hydrogen-bond acceptors (Lipinski definition) is 6. The molecule has 0 radical (unpaired) electrons. The number of carbonyl (C=O) groups is 2. The summed E-state index contributed by atoms with van der Waals surface area (Å²) in [6.07, 6.45) is -5.17. The topological polar surface area (TPSA) is 98.8 Å². The van der Waals surface area contributed by atoms with Gasteiger partial charge in [-0.05, 0) is 53.9 Å². The van der Waals surface area contributed by atoms with Crippen molar-refractivity contribution in [2.45, 2.75) is 24.6 Å². The van der Waals surface area contributed by atoms with Crippen LogP contribution in [0, 0.1) is 5.92 Å². The summed E-state index contributed by atoms with van der Waals surface area (Å²) in [5, 5.41) is 1.44. The first-order valence-corrected chi connectivity index (χ1v) is 11.5. The molecule has 0 aliphatic carbocycles. The Balaban J connectivity index is 1.81. The van der Waals surface area contributed by atoms with E-state index < -0.39 is 39.9 Å². The number of amides is 1. The zero-order valence-electron chi connectivity index (χ0n) is 17.8. The minimum absolute atomic E-state index is 0.0571. The molecule has 1 N–H and O–H groups in total. The summed E-state index contributed by atoms with van der Waals surface area (Å²) in [6, 6.07) is 15.9. The number of fused-ring (bicyclic) bond motifs is 1. The van der Waals surface area contributed by atoms with Crippen molar-refractivity contribution >= 4 is 32.7 Å². The van der Waals surface area contributed by atoms with Crippen molar-refractivity contribution in [3.05, 3.63) is 72.3 Å². The van der Waals surface area contributed by atoms with Crippen LogP contribution in [-0.4, -0.2) is 33.3 Å². The predicted octanol–water partition coefficient (Wildman–Crippen LogP) is 3.97. The Kier molecular flexibility index (Phi) is 7.45. The number of esters is 1. The lowest BCUT2D eigenvalue weighted by atomic mass is 9.99. The smallest absolute Gasteiger partial charge is 0.465 e. The van der Waals surface area contributed by atoms with Crippen molar-refractivity contribution in [3.8, 4) is 5.75 Å². The molecule has 180 valence electrons. The highest BCUT2D eigenvalue weighted by molar-refractivity contribution is 7.90. The molecule has 7 nitrogen and oxygen atoms in total. The van der Waals surface area contributed by atoms with E-state index >= 15 is 0 Å². The number of rotatable bonds is 8. The standard InChI is InChI=1S/C23H20F3NO6S/c1-2-32-22(29)20(13-15-7-10-18(11-8-15)33-23(24,25)26)21(28)27-34(30,31)19-12-9-16-5-3-4-6-17(16)14-19/h3-12,14,20H,2,13H2,1H3,(H,27,28). The molecule has 0 saturated heterocycles. The zero-order valence-corrected chi connectivity index (χ0v) is 18.7. The maximum absolute atomic E-state index is 12.8. The van der Waals surface area contributed by atoms with Gasteiger partial charge in [-0.15, -0.1) is 13.2 Å². The van der Waals surface area contributed by atoms with Gasteiger partial charge in [0.15, 0.2) is 0 Å². The van der Waals surface area contributed by atoms with Gasteiger partial charge in [0.05, 0.1) is 11.5 Å². The van der Waals surface area contributed by atoms with Crippen molar-refractivity contribution < 1.29 is 40.7 Å². The van der Waals surface area contributed by atoms with Crippen molar-refractivity contribution in [2.24, 2.45) is 5.92 Å². The van der Waals surface area contributed by atoms with Gasteiger partial charge in [0, 0.05) is 0 Å². The SMILES string of the molecule is CCOC(=O)C(Cc1ccc(OC(F)(F)F)cc1)C(=O)NS(=O)(=O)c1ccc2ccccc2c1. The first-order chi connectivity index (χ1) is 16.0. The van der Waals surface area contributed by atoms with E-state index in [2.05, 4.69) is 4.74 Å². The maximum Gasteiger partial charge on any atom is 0.573 e. The Morgan fingerprint density at radius 2 is 1.62 bits per heavy atom. The monoisotopic (exact) mass is 495 g/mol. The molecule has 34 heavy (non-hydrogen) atoms. The molecule has 0 heterocycles. The van der Waals surface area contributed by atoms with E-state index in [0.29, 0.717) is 10.9 Å². The Labute approximate surface area is 193 Å². The highest BCUT2D eigenvalue weighted by Gasteiger charge is 2.33. The zero-order chi connectivity index (χ0) is 24.9. The molecule has 0 bridgehead atoms. The minimum atomic E-state index is -4.87. The van der Waals surface area contributed by atoms with Crippen LogP contribution in [0.4, 0.5) is 13.2 Å². The number of nitrogens with one attached hydrogen (secondary N) is 1. The average Bonchev–Trinajstić information content (AvgIpc) is 2.77. The van der Waals surface area contributed by atoms with Crippen LogP contribution >= 0.6 is 0 Å². The number of alkyl halides is 3. The Bertz CT molecular complexity index is 1290. The van der Waals surface area contributed by atoms with E-state index in [9.17, 15) is 31.2 Å². The molecule has 11 heteroatoms.